The predicted molar refractivity (Wildman–Crippen MR) is 118 cm³/mol. The second-order valence-electron chi connectivity index (χ2n) is 9.76. The van der Waals surface area contributed by atoms with Crippen molar-refractivity contribution in [3.8, 4) is 0 Å². The summed E-state index contributed by atoms with van der Waals surface area (Å²) in [5.41, 5.74) is 2.82. The fraction of sp³-hybridized carbons (Fsp3) is 0.680. The average Bonchev–Trinajstić information content (AvgIpc) is 2.62. The fourth-order valence-electron chi connectivity index (χ4n) is 3.50. The van der Waals surface area contributed by atoms with Gasteiger partial charge in [0.15, 0.2) is 0 Å². The van der Waals surface area contributed by atoms with E-state index in [-0.39, 0.29) is 0 Å². The maximum atomic E-state index is 11.2. The van der Waals surface area contributed by atoms with Crippen LogP contribution >= 0.6 is 0 Å². The van der Waals surface area contributed by atoms with Crippen LogP contribution in [0.15, 0.2) is 18.2 Å². The summed E-state index contributed by atoms with van der Waals surface area (Å²) in [5, 5.41) is 18.4. The van der Waals surface area contributed by atoms with E-state index >= 15 is 0 Å². The molecule has 0 atom stereocenters. The zero-order valence-electron chi connectivity index (χ0n) is 19.0. The van der Waals surface area contributed by atoms with Gasteiger partial charge in [0, 0.05) is 0 Å². The molecule has 0 fully saturated rings. The highest BCUT2D eigenvalue weighted by molar-refractivity contribution is 5.73. The van der Waals surface area contributed by atoms with Gasteiger partial charge in [0.1, 0.15) is 0 Å². The van der Waals surface area contributed by atoms with Crippen LogP contribution in [0.25, 0.3) is 0 Å². The summed E-state index contributed by atoms with van der Waals surface area (Å²) in [4.78, 5) is 22.3. The SMILES string of the molecule is Cc1ccc(CCCCCC(C)(C)C(=O)O)cc1CCCCCC(C)(C)C(=O)O. The third-order valence-corrected chi connectivity index (χ3v) is 6.09. The molecule has 0 aliphatic carbocycles. The number of hydrogen-bond donors (Lipinski definition) is 2. The normalized spacial score (nSPS) is 12.2. The van der Waals surface area contributed by atoms with E-state index < -0.39 is 22.8 Å². The van der Waals surface area contributed by atoms with Crippen LogP contribution in [0.1, 0.15) is 95.8 Å². The Morgan fingerprint density at radius 1 is 0.759 bits per heavy atom. The van der Waals surface area contributed by atoms with E-state index in [1.807, 2.05) is 0 Å². The van der Waals surface area contributed by atoms with E-state index in [0.717, 1.165) is 64.2 Å². The van der Waals surface area contributed by atoms with Crippen molar-refractivity contribution in [3.05, 3.63) is 34.9 Å². The van der Waals surface area contributed by atoms with Gasteiger partial charge in [-0.25, -0.2) is 0 Å². The number of carboxylic acids is 2. The quantitative estimate of drug-likeness (QED) is 0.351. The van der Waals surface area contributed by atoms with E-state index in [9.17, 15) is 19.8 Å². The molecule has 29 heavy (non-hydrogen) atoms. The summed E-state index contributed by atoms with van der Waals surface area (Å²) in [6.07, 6.45) is 9.70. The van der Waals surface area contributed by atoms with Crippen molar-refractivity contribution in [2.24, 2.45) is 10.8 Å². The number of benzene rings is 1. The van der Waals surface area contributed by atoms with Crippen LogP contribution in [-0.4, -0.2) is 22.2 Å². The summed E-state index contributed by atoms with van der Waals surface area (Å²) < 4.78 is 0. The molecule has 4 nitrogen and oxygen atoms in total. The van der Waals surface area contributed by atoms with Crippen molar-refractivity contribution in [2.75, 3.05) is 0 Å². The third kappa shape index (κ3) is 9.01. The number of carbonyl (C=O) groups is 2. The Hall–Kier alpha value is -1.84. The Bertz CT molecular complexity index is 673. The Morgan fingerprint density at radius 2 is 1.24 bits per heavy atom. The number of aryl methyl sites for hydroxylation is 3. The Balaban J connectivity index is 2.37. The Morgan fingerprint density at radius 3 is 1.72 bits per heavy atom. The maximum absolute atomic E-state index is 11.2. The van der Waals surface area contributed by atoms with Gasteiger partial charge in [-0.05, 0) is 89.8 Å². The van der Waals surface area contributed by atoms with Gasteiger partial charge >= 0.3 is 11.9 Å². The molecule has 0 aromatic heterocycles. The summed E-state index contributed by atoms with van der Waals surface area (Å²) >= 11 is 0. The molecular formula is C25H40O4. The largest absolute Gasteiger partial charge is 0.481 e. The zero-order valence-corrected chi connectivity index (χ0v) is 19.0. The van der Waals surface area contributed by atoms with Crippen LogP contribution in [0.4, 0.5) is 0 Å². The van der Waals surface area contributed by atoms with Crippen molar-refractivity contribution in [1.29, 1.82) is 0 Å². The Kier molecular flexibility index (Phi) is 9.88. The molecular weight excluding hydrogens is 364 g/mol. The number of unbranched alkanes of at least 4 members (excludes halogenated alkanes) is 4. The molecule has 0 aliphatic heterocycles. The van der Waals surface area contributed by atoms with E-state index in [2.05, 4.69) is 25.1 Å². The molecule has 0 heterocycles. The van der Waals surface area contributed by atoms with Crippen molar-refractivity contribution >= 4 is 11.9 Å². The van der Waals surface area contributed by atoms with Crippen LogP contribution in [0.3, 0.4) is 0 Å². The molecule has 0 aliphatic rings. The van der Waals surface area contributed by atoms with Gasteiger partial charge in [0.2, 0.25) is 0 Å². The van der Waals surface area contributed by atoms with E-state index in [1.54, 1.807) is 27.7 Å². The first-order chi connectivity index (χ1) is 13.5. The highest BCUT2D eigenvalue weighted by Gasteiger charge is 2.26. The van der Waals surface area contributed by atoms with Crippen LogP contribution in [-0.2, 0) is 22.4 Å². The van der Waals surface area contributed by atoms with Gasteiger partial charge in [-0.3, -0.25) is 9.59 Å². The van der Waals surface area contributed by atoms with Gasteiger partial charge < -0.3 is 10.2 Å². The lowest BCUT2D eigenvalue weighted by Crippen LogP contribution is -2.23. The molecule has 0 spiro atoms. The molecule has 1 aromatic carbocycles. The lowest BCUT2D eigenvalue weighted by molar-refractivity contribution is -0.148. The monoisotopic (exact) mass is 404 g/mol. The van der Waals surface area contributed by atoms with Gasteiger partial charge in [-0.1, -0.05) is 43.9 Å². The smallest absolute Gasteiger partial charge is 0.309 e. The minimum Gasteiger partial charge on any atom is -0.481 e. The molecule has 0 radical (unpaired) electrons. The summed E-state index contributed by atoms with van der Waals surface area (Å²) in [5.74, 6) is -1.43. The number of hydrogen-bond acceptors (Lipinski definition) is 2. The first-order valence-corrected chi connectivity index (χ1v) is 11.0. The summed E-state index contributed by atoms with van der Waals surface area (Å²) in [6.45, 7) is 9.34. The van der Waals surface area contributed by atoms with E-state index in [0.29, 0.717) is 0 Å². The van der Waals surface area contributed by atoms with Crippen LogP contribution in [0, 0.1) is 17.8 Å². The van der Waals surface area contributed by atoms with Crippen molar-refractivity contribution in [2.45, 2.75) is 98.8 Å². The summed E-state index contributed by atoms with van der Waals surface area (Å²) in [7, 11) is 0. The second-order valence-corrected chi connectivity index (χ2v) is 9.76. The molecule has 0 amide bonds. The van der Waals surface area contributed by atoms with Crippen LogP contribution in [0.5, 0.6) is 0 Å². The topological polar surface area (TPSA) is 74.6 Å². The fourth-order valence-corrected chi connectivity index (χ4v) is 3.50. The standard InChI is InChI=1S/C25H40O4/c1-19-14-15-20(12-8-6-10-16-24(2,3)22(26)27)18-21(19)13-9-7-11-17-25(4,5)23(28)29/h14-15,18H,6-13,16-17H2,1-5H3,(H,26,27)(H,28,29). The van der Waals surface area contributed by atoms with E-state index in [4.69, 9.17) is 0 Å². The molecule has 4 heteroatoms. The molecule has 2 N–H and O–H groups in total. The predicted octanol–water partition coefficient (Wildman–Crippen LogP) is 6.42. The maximum Gasteiger partial charge on any atom is 0.309 e. The molecule has 0 bridgehead atoms. The lowest BCUT2D eigenvalue weighted by atomic mass is 9.86. The van der Waals surface area contributed by atoms with Crippen molar-refractivity contribution < 1.29 is 19.8 Å². The first kappa shape index (κ1) is 25.2. The van der Waals surface area contributed by atoms with E-state index in [1.165, 1.54) is 16.7 Å². The highest BCUT2D eigenvalue weighted by Crippen LogP contribution is 2.25. The van der Waals surface area contributed by atoms with Crippen LogP contribution in [0.2, 0.25) is 0 Å². The molecule has 164 valence electrons. The minimum absolute atomic E-state index is 0.628. The Labute approximate surface area is 176 Å². The molecule has 0 unspecified atom stereocenters. The van der Waals surface area contributed by atoms with Crippen LogP contribution < -0.4 is 0 Å². The number of carboxylic acid groups (broad SMARTS) is 2. The summed E-state index contributed by atoms with van der Waals surface area (Å²) in [6, 6.07) is 6.72. The zero-order chi connectivity index (χ0) is 22.1. The number of aliphatic carboxylic acids is 2. The molecule has 0 saturated carbocycles. The van der Waals surface area contributed by atoms with Gasteiger partial charge in [0.25, 0.3) is 0 Å². The first-order valence-electron chi connectivity index (χ1n) is 11.0. The number of rotatable bonds is 14. The average molecular weight is 405 g/mol. The van der Waals surface area contributed by atoms with Gasteiger partial charge in [0.05, 0.1) is 10.8 Å². The minimum atomic E-state index is -0.716. The van der Waals surface area contributed by atoms with Crippen molar-refractivity contribution in [1.82, 2.24) is 0 Å². The molecule has 0 saturated heterocycles. The third-order valence-electron chi connectivity index (χ3n) is 6.09. The molecule has 1 aromatic rings. The second kappa shape index (κ2) is 11.4. The highest BCUT2D eigenvalue weighted by atomic mass is 16.4. The van der Waals surface area contributed by atoms with Crippen molar-refractivity contribution in [3.63, 3.8) is 0 Å². The van der Waals surface area contributed by atoms with Gasteiger partial charge in [-0.15, -0.1) is 0 Å². The lowest BCUT2D eigenvalue weighted by Gasteiger charge is -2.18. The van der Waals surface area contributed by atoms with Gasteiger partial charge in [-0.2, -0.15) is 0 Å². The molecule has 1 rings (SSSR count).